The molecule has 1 fully saturated rings. The second kappa shape index (κ2) is 10.5. The molecule has 0 aliphatic carbocycles. The molecule has 1 aliphatic heterocycles. The Bertz CT molecular complexity index is 826. The summed E-state index contributed by atoms with van der Waals surface area (Å²) in [5.74, 6) is 1.72. The molecule has 162 valence electrons. The molecule has 0 unspecified atom stereocenters. The van der Waals surface area contributed by atoms with E-state index < -0.39 is 0 Å². The molecule has 1 heterocycles. The highest BCUT2D eigenvalue weighted by molar-refractivity contribution is 5.76. The Kier molecular flexibility index (Phi) is 7.75. The summed E-state index contributed by atoms with van der Waals surface area (Å²) in [6, 6.07) is 14.3. The minimum Gasteiger partial charge on any atom is -0.494 e. The zero-order valence-electron chi connectivity index (χ0n) is 18.3. The summed E-state index contributed by atoms with van der Waals surface area (Å²) in [4.78, 5) is 12.5. The van der Waals surface area contributed by atoms with E-state index in [0.29, 0.717) is 39.4 Å². The molecule has 1 aliphatic rings. The molecule has 0 bridgehead atoms. The molecule has 5 heteroatoms. The van der Waals surface area contributed by atoms with Crippen LogP contribution in [0.2, 0.25) is 0 Å². The van der Waals surface area contributed by atoms with Crippen molar-refractivity contribution in [1.29, 1.82) is 0 Å². The summed E-state index contributed by atoms with van der Waals surface area (Å²) in [5, 5.41) is 3.14. The lowest BCUT2D eigenvalue weighted by Crippen LogP contribution is -2.44. The molecule has 0 radical (unpaired) electrons. The lowest BCUT2D eigenvalue weighted by Gasteiger charge is -2.38. The SMILES string of the molecule is CCOc1ccc(C2(CNC(=O)CCOc3ccc(C)cc3C)CCOCC2)cc1. The molecule has 1 amide bonds. The Morgan fingerprint density at radius 3 is 2.47 bits per heavy atom. The van der Waals surface area contributed by atoms with Crippen LogP contribution in [0.25, 0.3) is 0 Å². The second-order valence-electron chi connectivity index (χ2n) is 7.99. The summed E-state index contributed by atoms with van der Waals surface area (Å²) in [7, 11) is 0. The van der Waals surface area contributed by atoms with Crippen LogP contribution in [0.5, 0.6) is 11.5 Å². The average Bonchev–Trinajstić information content (AvgIpc) is 2.75. The Labute approximate surface area is 179 Å². The molecule has 0 saturated carbocycles. The third kappa shape index (κ3) is 5.76. The van der Waals surface area contributed by atoms with Gasteiger partial charge in [0.2, 0.25) is 5.91 Å². The first kappa shape index (κ1) is 22.2. The van der Waals surface area contributed by atoms with Crippen molar-refractivity contribution in [3.05, 3.63) is 59.2 Å². The van der Waals surface area contributed by atoms with Gasteiger partial charge in [0.25, 0.3) is 0 Å². The van der Waals surface area contributed by atoms with Crippen LogP contribution in [0.1, 0.15) is 42.9 Å². The van der Waals surface area contributed by atoms with E-state index in [1.807, 2.05) is 38.1 Å². The maximum absolute atomic E-state index is 12.5. The first-order valence-electron chi connectivity index (χ1n) is 10.8. The topological polar surface area (TPSA) is 56.8 Å². The lowest BCUT2D eigenvalue weighted by atomic mass is 9.74. The number of nitrogens with one attached hydrogen (secondary N) is 1. The number of ether oxygens (including phenoxy) is 3. The van der Waals surface area contributed by atoms with Gasteiger partial charge in [0, 0.05) is 25.2 Å². The maximum Gasteiger partial charge on any atom is 0.223 e. The lowest BCUT2D eigenvalue weighted by molar-refractivity contribution is -0.122. The van der Waals surface area contributed by atoms with Gasteiger partial charge in [0.1, 0.15) is 11.5 Å². The first-order valence-corrected chi connectivity index (χ1v) is 10.8. The monoisotopic (exact) mass is 411 g/mol. The van der Waals surface area contributed by atoms with Crippen molar-refractivity contribution in [3.63, 3.8) is 0 Å². The normalized spacial score (nSPS) is 15.4. The first-order chi connectivity index (χ1) is 14.5. The number of rotatable bonds is 9. The van der Waals surface area contributed by atoms with Gasteiger partial charge in [-0.1, -0.05) is 29.8 Å². The Balaban J connectivity index is 1.55. The van der Waals surface area contributed by atoms with Crippen LogP contribution in [0, 0.1) is 13.8 Å². The van der Waals surface area contributed by atoms with Gasteiger partial charge in [-0.2, -0.15) is 0 Å². The fourth-order valence-electron chi connectivity index (χ4n) is 3.97. The van der Waals surface area contributed by atoms with Crippen LogP contribution in [-0.4, -0.2) is 38.9 Å². The van der Waals surface area contributed by atoms with Gasteiger partial charge in [-0.25, -0.2) is 0 Å². The number of hydrogen-bond acceptors (Lipinski definition) is 4. The number of carbonyl (C=O) groups is 1. The molecule has 2 aromatic carbocycles. The molecule has 0 atom stereocenters. The van der Waals surface area contributed by atoms with E-state index in [2.05, 4.69) is 30.4 Å². The van der Waals surface area contributed by atoms with Crippen molar-refractivity contribution >= 4 is 5.91 Å². The maximum atomic E-state index is 12.5. The van der Waals surface area contributed by atoms with Gasteiger partial charge in [0.05, 0.1) is 19.6 Å². The van der Waals surface area contributed by atoms with Crippen molar-refractivity contribution in [2.45, 2.75) is 45.4 Å². The van der Waals surface area contributed by atoms with Crippen molar-refractivity contribution in [2.24, 2.45) is 0 Å². The van der Waals surface area contributed by atoms with E-state index in [4.69, 9.17) is 14.2 Å². The summed E-state index contributed by atoms with van der Waals surface area (Å²) in [6.07, 6.45) is 2.11. The minimum absolute atomic E-state index is 0.0107. The molecule has 30 heavy (non-hydrogen) atoms. The van der Waals surface area contributed by atoms with E-state index in [0.717, 1.165) is 29.9 Å². The molecule has 5 nitrogen and oxygen atoms in total. The Morgan fingerprint density at radius 1 is 1.07 bits per heavy atom. The van der Waals surface area contributed by atoms with Gasteiger partial charge in [-0.05, 0) is 62.9 Å². The Morgan fingerprint density at radius 2 is 1.80 bits per heavy atom. The standard InChI is InChI=1S/C25H33NO4/c1-4-29-22-8-6-21(7-9-22)25(12-15-28-16-13-25)18-26-24(27)11-14-30-23-10-5-19(2)17-20(23)3/h5-10,17H,4,11-16,18H2,1-3H3,(H,26,27). The highest BCUT2D eigenvalue weighted by Crippen LogP contribution is 2.35. The van der Waals surface area contributed by atoms with Crippen LogP contribution in [0.4, 0.5) is 0 Å². The molecule has 3 rings (SSSR count). The third-order valence-electron chi connectivity index (χ3n) is 5.77. The number of amides is 1. The second-order valence-corrected chi connectivity index (χ2v) is 7.99. The highest BCUT2D eigenvalue weighted by atomic mass is 16.5. The molecule has 2 aromatic rings. The predicted molar refractivity (Wildman–Crippen MR) is 118 cm³/mol. The van der Waals surface area contributed by atoms with Crippen molar-refractivity contribution in [2.75, 3.05) is 33.0 Å². The van der Waals surface area contributed by atoms with Crippen LogP contribution in [0.3, 0.4) is 0 Å². The smallest absolute Gasteiger partial charge is 0.223 e. The summed E-state index contributed by atoms with van der Waals surface area (Å²) >= 11 is 0. The fraction of sp³-hybridized carbons (Fsp3) is 0.480. The van der Waals surface area contributed by atoms with Gasteiger partial charge in [0.15, 0.2) is 0 Å². The molecular formula is C25H33NO4. The van der Waals surface area contributed by atoms with Crippen molar-refractivity contribution < 1.29 is 19.0 Å². The molecule has 0 spiro atoms. The van der Waals surface area contributed by atoms with Gasteiger partial charge in [-0.15, -0.1) is 0 Å². The number of hydrogen-bond donors (Lipinski definition) is 1. The van der Waals surface area contributed by atoms with Crippen LogP contribution in [-0.2, 0) is 14.9 Å². The van der Waals surface area contributed by atoms with Crippen LogP contribution >= 0.6 is 0 Å². The number of carbonyl (C=O) groups excluding carboxylic acids is 1. The zero-order valence-corrected chi connectivity index (χ0v) is 18.3. The number of benzene rings is 2. The molecular weight excluding hydrogens is 378 g/mol. The van der Waals surface area contributed by atoms with E-state index in [1.54, 1.807) is 0 Å². The molecule has 0 aromatic heterocycles. The van der Waals surface area contributed by atoms with Gasteiger partial charge in [-0.3, -0.25) is 4.79 Å². The van der Waals surface area contributed by atoms with E-state index in [1.165, 1.54) is 11.1 Å². The van der Waals surface area contributed by atoms with Gasteiger partial charge < -0.3 is 19.5 Å². The summed E-state index contributed by atoms with van der Waals surface area (Å²) in [6.45, 7) is 9.10. The van der Waals surface area contributed by atoms with Crippen LogP contribution in [0.15, 0.2) is 42.5 Å². The predicted octanol–water partition coefficient (Wildman–Crippen LogP) is 4.34. The minimum atomic E-state index is -0.104. The highest BCUT2D eigenvalue weighted by Gasteiger charge is 2.34. The fourth-order valence-corrected chi connectivity index (χ4v) is 3.97. The van der Waals surface area contributed by atoms with E-state index in [9.17, 15) is 4.79 Å². The quantitative estimate of drug-likeness (QED) is 0.667. The van der Waals surface area contributed by atoms with Crippen molar-refractivity contribution in [3.8, 4) is 11.5 Å². The number of aryl methyl sites for hydroxylation is 2. The summed E-state index contributed by atoms with van der Waals surface area (Å²) < 4.78 is 17.0. The van der Waals surface area contributed by atoms with Crippen LogP contribution < -0.4 is 14.8 Å². The van der Waals surface area contributed by atoms with Crippen molar-refractivity contribution in [1.82, 2.24) is 5.32 Å². The molecule has 1 saturated heterocycles. The third-order valence-corrected chi connectivity index (χ3v) is 5.77. The van der Waals surface area contributed by atoms with E-state index in [-0.39, 0.29) is 11.3 Å². The zero-order chi connectivity index (χ0) is 21.4. The largest absolute Gasteiger partial charge is 0.494 e. The van der Waals surface area contributed by atoms with E-state index >= 15 is 0 Å². The molecule has 1 N–H and O–H groups in total. The average molecular weight is 412 g/mol. The Hall–Kier alpha value is -2.53. The summed E-state index contributed by atoms with van der Waals surface area (Å²) in [5.41, 5.74) is 3.41. The van der Waals surface area contributed by atoms with Gasteiger partial charge >= 0.3 is 0 Å².